The molecule has 2 fully saturated rings. The van der Waals surface area contributed by atoms with Gasteiger partial charge in [0.2, 0.25) is 0 Å². The Labute approximate surface area is 251 Å². The molecule has 0 bridgehead atoms. The van der Waals surface area contributed by atoms with E-state index in [-0.39, 0.29) is 23.0 Å². The van der Waals surface area contributed by atoms with Gasteiger partial charge in [0.15, 0.2) is 29.5 Å². The number of rotatable bonds is 13. The highest BCUT2D eigenvalue weighted by atomic mass is 31.2. The van der Waals surface area contributed by atoms with Gasteiger partial charge in [0.1, 0.15) is 42.7 Å². The molecule has 0 saturated carbocycles. The van der Waals surface area contributed by atoms with Crippen LogP contribution in [0, 0.1) is 0 Å². The van der Waals surface area contributed by atoms with E-state index >= 15 is 0 Å². The van der Waals surface area contributed by atoms with Crippen molar-refractivity contribution in [2.24, 2.45) is 0 Å². The molecule has 2 saturated heterocycles. The average molecular weight is 713 g/mol. The van der Waals surface area contributed by atoms with Crippen LogP contribution in [0.1, 0.15) is 6.23 Å². The van der Waals surface area contributed by atoms with Crippen molar-refractivity contribution in [3.05, 3.63) is 6.33 Å². The number of aliphatic hydroxyl groups excluding tert-OH is 3. The number of ether oxygens (including phenoxy) is 4. The number of hydrogen-bond acceptors (Lipinski definition) is 17. The molecule has 2 aliphatic rings. The van der Waals surface area contributed by atoms with Crippen molar-refractivity contribution in [3.8, 4) is 6.01 Å². The van der Waals surface area contributed by atoms with Gasteiger partial charge in [-0.05, 0) is 0 Å². The Morgan fingerprint density at radius 2 is 1.42 bits per heavy atom. The first-order valence-corrected chi connectivity index (χ1v) is 17.0. The van der Waals surface area contributed by atoms with Gasteiger partial charge < -0.3 is 68.9 Å². The summed E-state index contributed by atoms with van der Waals surface area (Å²) in [5.41, 5.74) is 0.141. The second-order valence-electron chi connectivity index (χ2n) is 9.38. The zero-order valence-corrected chi connectivity index (χ0v) is 25.6. The molecule has 256 valence electrons. The van der Waals surface area contributed by atoms with Crippen LogP contribution in [0.2, 0.25) is 0 Å². The fraction of sp³-hybridized carbons (Fsp3) is 0.722. The maximum Gasteiger partial charge on any atom is 0.470 e. The van der Waals surface area contributed by atoms with Gasteiger partial charge in [-0.3, -0.25) is 18.1 Å². The minimum absolute atomic E-state index is 0.00492. The molecule has 0 aromatic carbocycles. The first kappa shape index (κ1) is 36.1. The average Bonchev–Trinajstić information content (AvgIpc) is 3.50. The molecule has 27 heteroatoms. The monoisotopic (exact) mass is 713 g/mol. The first-order chi connectivity index (χ1) is 20.9. The molecule has 24 nitrogen and oxygen atoms in total. The van der Waals surface area contributed by atoms with Crippen LogP contribution in [0.4, 0.5) is 5.82 Å². The predicted octanol–water partition coefficient (Wildman–Crippen LogP) is -3.34. The number of anilines is 1. The molecule has 0 spiro atoms. The fourth-order valence-corrected chi connectivity index (χ4v) is 6.41. The zero-order chi connectivity index (χ0) is 33.5. The van der Waals surface area contributed by atoms with Crippen LogP contribution >= 0.6 is 23.5 Å². The highest BCUT2D eigenvalue weighted by Crippen LogP contribution is 2.49. The van der Waals surface area contributed by atoms with E-state index in [1.54, 1.807) is 0 Å². The number of nitrogens with one attached hydrogen (secondary N) is 1. The largest absolute Gasteiger partial charge is 0.470 e. The van der Waals surface area contributed by atoms with Crippen molar-refractivity contribution in [3.63, 3.8) is 0 Å². The van der Waals surface area contributed by atoms with Crippen molar-refractivity contribution in [2.45, 2.75) is 55.2 Å². The van der Waals surface area contributed by atoms with Crippen molar-refractivity contribution in [2.75, 3.05) is 32.7 Å². The summed E-state index contributed by atoms with van der Waals surface area (Å²) in [5.74, 6) is 0.185. The van der Waals surface area contributed by atoms with Crippen LogP contribution in [0.25, 0.3) is 11.2 Å². The number of fused-ring (bicyclic) bond motifs is 1. The van der Waals surface area contributed by atoms with Gasteiger partial charge in [0, 0.05) is 7.05 Å². The Balaban J connectivity index is 1.74. The highest BCUT2D eigenvalue weighted by Gasteiger charge is 2.56. The Bertz CT molecular complexity index is 1480. The van der Waals surface area contributed by atoms with E-state index in [1.165, 1.54) is 14.2 Å². The summed E-state index contributed by atoms with van der Waals surface area (Å²) in [4.78, 5) is 69.2. The van der Waals surface area contributed by atoms with Crippen LogP contribution in [-0.2, 0) is 41.5 Å². The second kappa shape index (κ2) is 13.8. The van der Waals surface area contributed by atoms with Crippen molar-refractivity contribution < 1.29 is 90.9 Å². The maximum absolute atomic E-state index is 12.1. The molecular formula is C18H30N5O19P3. The molecule has 0 aliphatic carbocycles. The van der Waals surface area contributed by atoms with E-state index in [2.05, 4.69) is 29.3 Å². The Morgan fingerprint density at radius 3 is 1.96 bits per heavy atom. The minimum atomic E-state index is -5.53. The molecule has 2 aliphatic heterocycles. The third-order valence-corrected chi connectivity index (χ3v) is 7.98. The summed E-state index contributed by atoms with van der Waals surface area (Å²) in [5, 5.41) is 33.6. The number of phosphoric acid groups is 3. The quantitative estimate of drug-likeness (QED) is 0.0907. The number of aromatic nitrogens is 4. The highest BCUT2D eigenvalue weighted by molar-refractivity contribution is 7.46. The van der Waals surface area contributed by atoms with Gasteiger partial charge in [-0.15, -0.1) is 0 Å². The number of aliphatic hydroxyl groups is 3. The number of nitrogens with zero attached hydrogens (tertiary/aromatic N) is 4. The van der Waals surface area contributed by atoms with Crippen LogP contribution in [0.3, 0.4) is 0 Å². The van der Waals surface area contributed by atoms with Crippen LogP contribution in [-0.4, -0.2) is 141 Å². The number of hydrogen-bond donors (Lipinski definition) is 10. The summed E-state index contributed by atoms with van der Waals surface area (Å²) < 4.78 is 72.3. The van der Waals surface area contributed by atoms with Gasteiger partial charge in [0.05, 0.1) is 26.7 Å². The zero-order valence-electron chi connectivity index (χ0n) is 22.9. The third kappa shape index (κ3) is 8.40. The topological polar surface area (TPSA) is 354 Å². The van der Waals surface area contributed by atoms with Gasteiger partial charge >= 0.3 is 29.5 Å². The SMILES string of the molecule is CNc1nc(OC)nc2c1ncn2[C@@H]1O[C@H](CO)[C@@H](O[C@H]2O[C@H](CO)[C@@H](OP(=O)(O)O)[C@H](OP(=O)(O)O)[C@H]2O)[C@H]1OP(=O)(O)O. The molecule has 0 amide bonds. The number of phosphoric ester groups is 3. The Kier molecular flexibility index (Phi) is 11.0. The van der Waals surface area contributed by atoms with E-state index in [9.17, 15) is 58.4 Å². The molecule has 2 aromatic heterocycles. The standard InChI is InChI=1S/C18H30N5O19P3/c1-19-14-8-15(22-18(21-14)36-2)23(5-20-8)16-13(42-45(33,34)35)10(6(3-24)37-16)39-17-9(26)12(41-44(30,31)32)11(7(4-25)38-17)40-43(27,28)29/h5-7,9-13,16-17,24-26H,3-4H2,1-2H3,(H,19,21,22)(H2,27,28,29)(H2,30,31,32)(H2,33,34,35)/t6-,7-,9-,10-,11-,12-,13-,16-,17-/m1/s1. The lowest BCUT2D eigenvalue weighted by Gasteiger charge is -2.44. The van der Waals surface area contributed by atoms with Crippen molar-refractivity contribution >= 4 is 40.4 Å². The number of imidazole rings is 1. The second-order valence-corrected chi connectivity index (χ2v) is 13.0. The van der Waals surface area contributed by atoms with Crippen molar-refractivity contribution in [1.29, 1.82) is 0 Å². The van der Waals surface area contributed by atoms with E-state index in [4.69, 9.17) is 23.5 Å². The molecule has 0 unspecified atom stereocenters. The van der Waals surface area contributed by atoms with E-state index in [0.717, 1.165) is 10.9 Å². The lowest BCUT2D eigenvalue weighted by atomic mass is 9.99. The van der Waals surface area contributed by atoms with Crippen molar-refractivity contribution in [1.82, 2.24) is 19.5 Å². The summed E-state index contributed by atoms with van der Waals surface area (Å²) in [7, 11) is -13.6. The van der Waals surface area contributed by atoms with Crippen LogP contribution in [0.5, 0.6) is 6.01 Å². The lowest BCUT2D eigenvalue weighted by Crippen LogP contribution is -2.61. The van der Waals surface area contributed by atoms with Crippen LogP contribution in [0.15, 0.2) is 6.33 Å². The molecular weight excluding hydrogens is 683 g/mol. The first-order valence-electron chi connectivity index (χ1n) is 12.4. The molecule has 4 rings (SSSR count). The van der Waals surface area contributed by atoms with E-state index < -0.39 is 91.9 Å². The summed E-state index contributed by atoms with van der Waals surface area (Å²) in [6.07, 6.45) is -16.5. The number of methoxy groups -OCH3 is 1. The van der Waals surface area contributed by atoms with Gasteiger partial charge in [-0.25, -0.2) is 18.7 Å². The lowest BCUT2D eigenvalue weighted by molar-refractivity contribution is -0.313. The maximum atomic E-state index is 12.1. The third-order valence-electron chi connectivity index (χ3n) is 6.42. The smallest absolute Gasteiger partial charge is 0.467 e. The summed E-state index contributed by atoms with van der Waals surface area (Å²) in [6.45, 7) is -2.04. The van der Waals surface area contributed by atoms with Gasteiger partial charge in [0.25, 0.3) is 0 Å². The molecule has 0 radical (unpaired) electrons. The molecule has 4 heterocycles. The molecule has 2 aromatic rings. The minimum Gasteiger partial charge on any atom is -0.467 e. The molecule has 10 N–H and O–H groups in total. The summed E-state index contributed by atoms with van der Waals surface area (Å²) >= 11 is 0. The van der Waals surface area contributed by atoms with Gasteiger partial charge in [-0.2, -0.15) is 9.97 Å². The normalized spacial score (nSPS) is 31.4. The van der Waals surface area contributed by atoms with Gasteiger partial charge in [-0.1, -0.05) is 0 Å². The fourth-order valence-electron chi connectivity index (χ4n) is 4.74. The predicted molar refractivity (Wildman–Crippen MR) is 140 cm³/mol. The summed E-state index contributed by atoms with van der Waals surface area (Å²) in [6, 6.07) is -0.150. The Morgan fingerprint density at radius 1 is 0.867 bits per heavy atom. The van der Waals surface area contributed by atoms with E-state index in [1.807, 2.05) is 0 Å². The molecule has 9 atom stereocenters. The Hall–Kier alpha value is -1.76. The van der Waals surface area contributed by atoms with E-state index in [0.29, 0.717) is 0 Å². The molecule has 45 heavy (non-hydrogen) atoms. The van der Waals surface area contributed by atoms with Crippen LogP contribution < -0.4 is 10.1 Å².